The molecule has 0 aromatic heterocycles. The average molecular weight is 173 g/mol. The van der Waals surface area contributed by atoms with Crippen molar-refractivity contribution in [1.29, 1.82) is 0 Å². The van der Waals surface area contributed by atoms with Crippen LogP contribution < -0.4 is 5.32 Å². The van der Waals surface area contributed by atoms with Crippen LogP contribution in [0.15, 0.2) is 18.2 Å². The summed E-state index contributed by atoms with van der Waals surface area (Å²) in [6.07, 6.45) is 5.10. The number of aryl methyl sites for hydroxylation is 1. The summed E-state index contributed by atoms with van der Waals surface area (Å²) in [6, 6.07) is 7.73. The summed E-state index contributed by atoms with van der Waals surface area (Å²) in [5.41, 5.74) is 2.55. The van der Waals surface area contributed by atoms with Crippen molar-refractivity contribution >= 4 is 11.5 Å². The molecule has 0 saturated carbocycles. The largest absolute Gasteiger partial charge is 0.315 e. The number of hydrogen-bond donors (Lipinski definition) is 1. The topological polar surface area (TPSA) is 29.1 Å². The minimum absolute atomic E-state index is 0.0651. The Morgan fingerprint density at radius 1 is 1.54 bits per heavy atom. The molecule has 0 aliphatic rings. The molecule has 0 bridgehead atoms. The van der Waals surface area contributed by atoms with Gasteiger partial charge in [0.1, 0.15) is 0 Å². The number of anilines is 1. The van der Waals surface area contributed by atoms with E-state index in [0.29, 0.717) is 5.56 Å². The van der Waals surface area contributed by atoms with Crippen molar-refractivity contribution in [1.82, 2.24) is 0 Å². The third-order valence-electron chi connectivity index (χ3n) is 1.84. The number of Topliss-reactive ketones (excluding diaryl/α,β-unsaturated/α-hetero) is 1. The van der Waals surface area contributed by atoms with Gasteiger partial charge < -0.3 is 5.32 Å². The van der Waals surface area contributed by atoms with Crippen LogP contribution in [0.25, 0.3) is 0 Å². The number of benzene rings is 1. The third kappa shape index (κ3) is 2.09. The fourth-order valence-electron chi connectivity index (χ4n) is 1.10. The zero-order valence-electron chi connectivity index (χ0n) is 7.72. The van der Waals surface area contributed by atoms with Crippen LogP contribution >= 0.6 is 0 Å². The molecule has 1 aromatic rings. The number of carbonyl (C=O) groups excluding carboxylic acids is 1. The van der Waals surface area contributed by atoms with Crippen molar-refractivity contribution in [2.75, 3.05) is 5.32 Å². The summed E-state index contributed by atoms with van der Waals surface area (Å²) in [6.45, 7) is 3.45. The number of ketones is 1. The molecule has 2 heteroatoms. The van der Waals surface area contributed by atoms with Crippen molar-refractivity contribution in [3.63, 3.8) is 0 Å². The Hall–Kier alpha value is -1.75. The van der Waals surface area contributed by atoms with Gasteiger partial charge in [0.25, 0.3) is 0 Å². The highest BCUT2D eigenvalue weighted by Gasteiger charge is 2.01. The van der Waals surface area contributed by atoms with Crippen LogP contribution in [0.1, 0.15) is 22.8 Å². The van der Waals surface area contributed by atoms with Gasteiger partial charge in [-0.1, -0.05) is 6.42 Å². The van der Waals surface area contributed by atoms with Crippen LogP contribution in [0, 0.1) is 19.4 Å². The monoisotopic (exact) mass is 173 g/mol. The second kappa shape index (κ2) is 3.77. The second-order valence-electron chi connectivity index (χ2n) is 2.86. The molecule has 0 aliphatic heterocycles. The van der Waals surface area contributed by atoms with Crippen LogP contribution in [-0.4, -0.2) is 5.78 Å². The first-order valence-electron chi connectivity index (χ1n) is 3.98. The number of rotatable bonds is 2. The standard InChI is InChI=1S/C11H11NO/c1-4-12-11-6-5-10(9(3)13)7-8(11)2/h1,5-7,12H,2-3H3. The van der Waals surface area contributed by atoms with E-state index in [1.54, 1.807) is 13.0 Å². The lowest BCUT2D eigenvalue weighted by Crippen LogP contribution is -1.96. The Bertz CT molecular complexity index is 374. The van der Waals surface area contributed by atoms with Gasteiger partial charge >= 0.3 is 0 Å². The van der Waals surface area contributed by atoms with E-state index in [9.17, 15) is 4.79 Å². The van der Waals surface area contributed by atoms with Crippen molar-refractivity contribution < 1.29 is 4.79 Å². The van der Waals surface area contributed by atoms with Gasteiger partial charge in [-0.3, -0.25) is 4.79 Å². The quantitative estimate of drug-likeness (QED) is 0.422. The lowest BCUT2D eigenvalue weighted by molar-refractivity contribution is 0.101. The van der Waals surface area contributed by atoms with E-state index in [1.807, 2.05) is 19.1 Å². The van der Waals surface area contributed by atoms with Gasteiger partial charge in [0, 0.05) is 17.3 Å². The molecule has 0 aliphatic carbocycles. The summed E-state index contributed by atoms with van der Waals surface area (Å²) in [5.74, 6) is 0.0651. The van der Waals surface area contributed by atoms with E-state index < -0.39 is 0 Å². The molecule has 1 N–H and O–H groups in total. The van der Waals surface area contributed by atoms with Crippen LogP contribution in [0.4, 0.5) is 5.69 Å². The van der Waals surface area contributed by atoms with Crippen LogP contribution in [0.2, 0.25) is 0 Å². The molecule has 2 nitrogen and oxygen atoms in total. The number of hydrogen-bond acceptors (Lipinski definition) is 2. The van der Waals surface area contributed by atoms with Gasteiger partial charge in [0.2, 0.25) is 0 Å². The molecular formula is C11H11NO. The fourth-order valence-corrected chi connectivity index (χ4v) is 1.10. The molecule has 1 aromatic carbocycles. The zero-order valence-corrected chi connectivity index (χ0v) is 7.72. The van der Waals surface area contributed by atoms with Crippen LogP contribution in [0.5, 0.6) is 0 Å². The number of nitrogens with one attached hydrogen (secondary N) is 1. The average Bonchev–Trinajstić information content (AvgIpc) is 2.08. The van der Waals surface area contributed by atoms with Gasteiger partial charge in [-0.15, -0.1) is 0 Å². The number of carbonyl (C=O) groups is 1. The molecule has 66 valence electrons. The summed E-state index contributed by atoms with van der Waals surface area (Å²) >= 11 is 0. The van der Waals surface area contributed by atoms with Crippen molar-refractivity contribution in [3.05, 3.63) is 29.3 Å². The van der Waals surface area contributed by atoms with E-state index in [2.05, 4.69) is 11.4 Å². The molecule has 0 heterocycles. The molecule has 0 spiro atoms. The molecule has 0 radical (unpaired) electrons. The molecular weight excluding hydrogens is 162 g/mol. The lowest BCUT2D eigenvalue weighted by Gasteiger charge is -2.04. The Morgan fingerprint density at radius 2 is 2.23 bits per heavy atom. The lowest BCUT2D eigenvalue weighted by atomic mass is 10.1. The van der Waals surface area contributed by atoms with Gasteiger partial charge in [-0.05, 0) is 37.6 Å². The van der Waals surface area contributed by atoms with E-state index in [0.717, 1.165) is 11.3 Å². The van der Waals surface area contributed by atoms with E-state index >= 15 is 0 Å². The fraction of sp³-hybridized carbons (Fsp3) is 0.182. The predicted molar refractivity (Wildman–Crippen MR) is 53.6 cm³/mol. The maximum atomic E-state index is 11.0. The molecule has 0 fully saturated rings. The highest BCUT2D eigenvalue weighted by atomic mass is 16.1. The van der Waals surface area contributed by atoms with E-state index in [1.165, 1.54) is 0 Å². The maximum Gasteiger partial charge on any atom is 0.159 e. The Labute approximate surface area is 78.0 Å². The van der Waals surface area contributed by atoms with Gasteiger partial charge in [0.15, 0.2) is 5.78 Å². The van der Waals surface area contributed by atoms with Crippen molar-refractivity contribution in [2.45, 2.75) is 13.8 Å². The summed E-state index contributed by atoms with van der Waals surface area (Å²) in [7, 11) is 0. The minimum Gasteiger partial charge on any atom is -0.315 e. The second-order valence-corrected chi connectivity index (χ2v) is 2.86. The first-order chi connectivity index (χ1) is 6.15. The maximum absolute atomic E-state index is 11.0. The van der Waals surface area contributed by atoms with E-state index in [4.69, 9.17) is 6.42 Å². The summed E-state index contributed by atoms with van der Waals surface area (Å²) in [4.78, 5) is 11.0. The highest BCUT2D eigenvalue weighted by Crippen LogP contribution is 2.16. The van der Waals surface area contributed by atoms with Crippen LogP contribution in [-0.2, 0) is 0 Å². The van der Waals surface area contributed by atoms with E-state index in [-0.39, 0.29) is 5.78 Å². The minimum atomic E-state index is 0.0651. The Morgan fingerprint density at radius 3 is 2.69 bits per heavy atom. The molecule has 0 unspecified atom stereocenters. The first kappa shape index (κ1) is 9.34. The molecule has 0 amide bonds. The van der Waals surface area contributed by atoms with Gasteiger partial charge in [0.05, 0.1) is 0 Å². The van der Waals surface area contributed by atoms with Gasteiger partial charge in [-0.2, -0.15) is 0 Å². The normalized spacial score (nSPS) is 9.00. The Balaban J connectivity index is 3.07. The third-order valence-corrected chi connectivity index (χ3v) is 1.84. The SMILES string of the molecule is C#CNc1ccc(C(C)=O)cc1C. The summed E-state index contributed by atoms with van der Waals surface area (Å²) < 4.78 is 0. The van der Waals surface area contributed by atoms with Crippen molar-refractivity contribution in [2.24, 2.45) is 0 Å². The van der Waals surface area contributed by atoms with Gasteiger partial charge in [-0.25, -0.2) is 0 Å². The summed E-state index contributed by atoms with van der Waals surface area (Å²) in [5, 5.41) is 2.76. The first-order valence-corrected chi connectivity index (χ1v) is 3.98. The van der Waals surface area contributed by atoms with Crippen LogP contribution in [0.3, 0.4) is 0 Å². The van der Waals surface area contributed by atoms with Crippen molar-refractivity contribution in [3.8, 4) is 12.5 Å². The Kier molecular flexibility index (Phi) is 2.71. The predicted octanol–water partition coefficient (Wildman–Crippen LogP) is 2.20. The molecule has 13 heavy (non-hydrogen) atoms. The number of terminal acetylenes is 1. The smallest absolute Gasteiger partial charge is 0.159 e. The molecule has 1 rings (SSSR count). The molecule has 0 atom stereocenters. The zero-order chi connectivity index (χ0) is 9.84. The molecule has 0 saturated heterocycles. The highest BCUT2D eigenvalue weighted by molar-refractivity contribution is 5.94.